The minimum atomic E-state index is -0.227. The Morgan fingerprint density at radius 3 is 2.61 bits per heavy atom. The summed E-state index contributed by atoms with van der Waals surface area (Å²) in [6.07, 6.45) is 0. The molecule has 1 heterocycles. The van der Waals surface area contributed by atoms with Gasteiger partial charge in [0.1, 0.15) is 11.6 Å². The van der Waals surface area contributed by atoms with Crippen molar-refractivity contribution in [3.63, 3.8) is 0 Å². The van der Waals surface area contributed by atoms with E-state index in [1.807, 2.05) is 19.9 Å². The molecule has 18 heavy (non-hydrogen) atoms. The molecular formula is C13H17FN4. The molecule has 1 unspecified atom stereocenters. The lowest BCUT2D eigenvalue weighted by Crippen LogP contribution is -2.12. The zero-order valence-corrected chi connectivity index (χ0v) is 10.7. The Morgan fingerprint density at radius 2 is 2.06 bits per heavy atom. The van der Waals surface area contributed by atoms with Gasteiger partial charge in [-0.1, -0.05) is 18.2 Å². The smallest absolute Gasteiger partial charge is 0.148 e. The predicted molar refractivity (Wildman–Crippen MR) is 70.8 cm³/mol. The third-order valence-electron chi connectivity index (χ3n) is 2.99. The normalized spacial score (nSPS) is 12.4. The summed E-state index contributed by atoms with van der Waals surface area (Å²) in [5.74, 6) is 0.484. The molecule has 96 valence electrons. The van der Waals surface area contributed by atoms with E-state index in [4.69, 9.17) is 5.73 Å². The van der Waals surface area contributed by atoms with Crippen molar-refractivity contribution in [3.8, 4) is 0 Å². The van der Waals surface area contributed by atoms with Crippen LogP contribution in [0.2, 0.25) is 0 Å². The fourth-order valence-corrected chi connectivity index (χ4v) is 1.95. The third kappa shape index (κ3) is 2.16. The molecule has 4 nitrogen and oxygen atoms in total. The standard InChI is InChI=1S/C13H17FN4/c1-8(10-6-4-5-7-11(10)14)16-13-12(15)9(2)17-18(13)3/h4-8,16H,15H2,1-3H3. The summed E-state index contributed by atoms with van der Waals surface area (Å²) in [7, 11) is 1.81. The zero-order valence-electron chi connectivity index (χ0n) is 10.7. The molecule has 0 radical (unpaired) electrons. The number of nitrogens with two attached hydrogens (primary N) is 1. The quantitative estimate of drug-likeness (QED) is 0.878. The monoisotopic (exact) mass is 248 g/mol. The van der Waals surface area contributed by atoms with Crippen LogP contribution in [0.3, 0.4) is 0 Å². The fourth-order valence-electron chi connectivity index (χ4n) is 1.95. The van der Waals surface area contributed by atoms with Crippen LogP contribution in [0, 0.1) is 12.7 Å². The van der Waals surface area contributed by atoms with Gasteiger partial charge in [0.25, 0.3) is 0 Å². The molecule has 1 aromatic heterocycles. The van der Waals surface area contributed by atoms with Crippen LogP contribution in [0.5, 0.6) is 0 Å². The van der Waals surface area contributed by atoms with E-state index >= 15 is 0 Å². The summed E-state index contributed by atoms with van der Waals surface area (Å²) in [5.41, 5.74) is 7.90. The number of nitrogens with one attached hydrogen (secondary N) is 1. The summed E-state index contributed by atoms with van der Waals surface area (Å²) in [4.78, 5) is 0. The molecule has 0 amide bonds. The minimum Gasteiger partial charge on any atom is -0.394 e. The highest BCUT2D eigenvalue weighted by Gasteiger charge is 2.15. The van der Waals surface area contributed by atoms with E-state index in [1.165, 1.54) is 6.07 Å². The number of hydrogen-bond donors (Lipinski definition) is 2. The van der Waals surface area contributed by atoms with Crippen LogP contribution in [-0.4, -0.2) is 9.78 Å². The highest BCUT2D eigenvalue weighted by molar-refractivity contribution is 5.65. The van der Waals surface area contributed by atoms with E-state index in [-0.39, 0.29) is 11.9 Å². The van der Waals surface area contributed by atoms with Crippen molar-refractivity contribution in [1.82, 2.24) is 9.78 Å². The number of halogens is 1. The van der Waals surface area contributed by atoms with Crippen LogP contribution >= 0.6 is 0 Å². The van der Waals surface area contributed by atoms with Crippen molar-refractivity contribution < 1.29 is 4.39 Å². The molecule has 0 aliphatic heterocycles. The highest BCUT2D eigenvalue weighted by atomic mass is 19.1. The van der Waals surface area contributed by atoms with E-state index < -0.39 is 0 Å². The molecule has 1 aromatic carbocycles. The largest absolute Gasteiger partial charge is 0.394 e. The van der Waals surface area contributed by atoms with Gasteiger partial charge in [0.05, 0.1) is 17.4 Å². The van der Waals surface area contributed by atoms with E-state index in [9.17, 15) is 4.39 Å². The fraction of sp³-hybridized carbons (Fsp3) is 0.308. The number of nitrogens with zero attached hydrogens (tertiary/aromatic N) is 2. The summed E-state index contributed by atoms with van der Waals surface area (Å²) in [6.45, 7) is 3.73. The Hall–Kier alpha value is -2.04. The van der Waals surface area contributed by atoms with Crippen molar-refractivity contribution in [2.24, 2.45) is 7.05 Å². The van der Waals surface area contributed by atoms with E-state index in [0.717, 1.165) is 5.69 Å². The van der Waals surface area contributed by atoms with Gasteiger partial charge in [-0.15, -0.1) is 0 Å². The lowest BCUT2D eigenvalue weighted by Gasteiger charge is -2.16. The summed E-state index contributed by atoms with van der Waals surface area (Å²) in [5, 5.41) is 7.41. The Kier molecular flexibility index (Phi) is 3.23. The highest BCUT2D eigenvalue weighted by Crippen LogP contribution is 2.26. The molecule has 0 spiro atoms. The second-order valence-corrected chi connectivity index (χ2v) is 4.36. The molecular weight excluding hydrogens is 231 g/mol. The maximum absolute atomic E-state index is 13.7. The van der Waals surface area contributed by atoms with Crippen LogP contribution in [-0.2, 0) is 7.05 Å². The van der Waals surface area contributed by atoms with Gasteiger partial charge in [-0.3, -0.25) is 4.68 Å². The summed E-state index contributed by atoms with van der Waals surface area (Å²) in [6, 6.07) is 6.52. The molecule has 2 aromatic rings. The SMILES string of the molecule is Cc1nn(C)c(NC(C)c2ccccc2F)c1N. The first kappa shape index (κ1) is 12.4. The first-order chi connectivity index (χ1) is 8.50. The van der Waals surface area contributed by atoms with Crippen LogP contribution < -0.4 is 11.1 Å². The molecule has 2 rings (SSSR count). The van der Waals surface area contributed by atoms with Gasteiger partial charge in [0.15, 0.2) is 0 Å². The third-order valence-corrected chi connectivity index (χ3v) is 2.99. The van der Waals surface area contributed by atoms with Crippen LogP contribution in [0.4, 0.5) is 15.9 Å². The van der Waals surface area contributed by atoms with Gasteiger partial charge >= 0.3 is 0 Å². The van der Waals surface area contributed by atoms with Crippen molar-refractivity contribution in [3.05, 3.63) is 41.3 Å². The van der Waals surface area contributed by atoms with Crippen LogP contribution in [0.25, 0.3) is 0 Å². The second-order valence-electron chi connectivity index (χ2n) is 4.36. The van der Waals surface area contributed by atoms with Crippen LogP contribution in [0.15, 0.2) is 24.3 Å². The molecule has 0 saturated heterocycles. The number of rotatable bonds is 3. The number of nitrogen functional groups attached to an aromatic ring is 1. The van der Waals surface area contributed by atoms with Gasteiger partial charge in [-0.2, -0.15) is 5.10 Å². The molecule has 0 fully saturated rings. The molecule has 0 bridgehead atoms. The molecule has 0 aliphatic rings. The topological polar surface area (TPSA) is 55.9 Å². The number of hydrogen-bond acceptors (Lipinski definition) is 3. The van der Waals surface area contributed by atoms with Crippen molar-refractivity contribution in [1.29, 1.82) is 0 Å². The van der Waals surface area contributed by atoms with Crippen molar-refractivity contribution >= 4 is 11.5 Å². The first-order valence-electron chi connectivity index (χ1n) is 5.80. The Labute approximate surface area is 106 Å². The molecule has 0 saturated carbocycles. The summed E-state index contributed by atoms with van der Waals surface area (Å²) < 4.78 is 15.3. The number of benzene rings is 1. The van der Waals surface area contributed by atoms with E-state index in [1.54, 1.807) is 23.9 Å². The van der Waals surface area contributed by atoms with Gasteiger partial charge < -0.3 is 11.1 Å². The van der Waals surface area contributed by atoms with E-state index in [2.05, 4.69) is 10.4 Å². The molecule has 1 atom stereocenters. The zero-order chi connectivity index (χ0) is 13.3. The van der Waals surface area contributed by atoms with E-state index in [0.29, 0.717) is 17.1 Å². The maximum atomic E-state index is 13.7. The lowest BCUT2D eigenvalue weighted by molar-refractivity contribution is 0.599. The summed E-state index contributed by atoms with van der Waals surface area (Å²) >= 11 is 0. The second kappa shape index (κ2) is 4.68. The maximum Gasteiger partial charge on any atom is 0.148 e. The van der Waals surface area contributed by atoms with Gasteiger partial charge in [0, 0.05) is 12.6 Å². The Balaban J connectivity index is 2.27. The Bertz CT molecular complexity index is 562. The average Bonchev–Trinajstić information content (AvgIpc) is 2.56. The van der Waals surface area contributed by atoms with Crippen LogP contribution in [0.1, 0.15) is 24.2 Å². The van der Waals surface area contributed by atoms with Gasteiger partial charge in [0.2, 0.25) is 0 Å². The first-order valence-corrected chi connectivity index (χ1v) is 5.80. The molecule has 0 aliphatic carbocycles. The number of aryl methyl sites for hydroxylation is 2. The van der Waals surface area contributed by atoms with Gasteiger partial charge in [-0.25, -0.2) is 4.39 Å². The van der Waals surface area contributed by atoms with Crippen molar-refractivity contribution in [2.45, 2.75) is 19.9 Å². The van der Waals surface area contributed by atoms with Crippen molar-refractivity contribution in [2.75, 3.05) is 11.1 Å². The average molecular weight is 248 g/mol. The lowest BCUT2D eigenvalue weighted by atomic mass is 10.1. The minimum absolute atomic E-state index is 0.178. The van der Waals surface area contributed by atoms with Gasteiger partial charge in [-0.05, 0) is 19.9 Å². The Morgan fingerprint density at radius 1 is 1.39 bits per heavy atom. The molecule has 5 heteroatoms. The predicted octanol–water partition coefficient (Wildman–Crippen LogP) is 2.62. The molecule has 3 N–H and O–H groups in total. The number of aromatic nitrogens is 2. The number of anilines is 2.